The van der Waals surface area contributed by atoms with Crippen LogP contribution in [0.5, 0.6) is 0 Å². The molecule has 0 radical (unpaired) electrons. The third-order valence-electron chi connectivity index (χ3n) is 0.716. The van der Waals surface area contributed by atoms with E-state index < -0.39 is 8.80 Å². The quantitative estimate of drug-likeness (QED) is 0.378. The Morgan fingerprint density at radius 1 is 1.09 bits per heavy atom. The molecule has 4 nitrogen and oxygen atoms in total. The number of hydrogen-bond donors (Lipinski definition) is 4. The summed E-state index contributed by atoms with van der Waals surface area (Å²) in [7, 11) is -3.76. The standard InChI is InChI=1S/C3H11NO3Si.3K.3H/c4-2-1-3-8(5,6)7;;;;;;/h5-7H,1-4H2;;;;;;/q;3*+1;3*-1. The molecule has 8 heteroatoms. The van der Waals surface area contributed by atoms with Crippen LogP contribution in [0.15, 0.2) is 0 Å². The molecule has 0 rings (SSSR count). The summed E-state index contributed by atoms with van der Waals surface area (Å²) in [5, 5.41) is 0. The van der Waals surface area contributed by atoms with Crippen molar-refractivity contribution in [2.24, 2.45) is 5.73 Å². The molecule has 0 unspecified atom stereocenters. The third-order valence-corrected chi connectivity index (χ3v) is 1.74. The van der Waals surface area contributed by atoms with E-state index in [4.69, 9.17) is 20.1 Å². The average Bonchev–Trinajstić information content (AvgIpc) is 1.59. The number of rotatable bonds is 3. The van der Waals surface area contributed by atoms with Gasteiger partial charge in [0.25, 0.3) is 0 Å². The first-order chi connectivity index (χ1) is 3.56. The summed E-state index contributed by atoms with van der Waals surface area (Å²) in [6, 6.07) is 0.0451. The summed E-state index contributed by atoms with van der Waals surface area (Å²) >= 11 is 0. The molecule has 0 aliphatic carbocycles. The van der Waals surface area contributed by atoms with Crippen LogP contribution in [0.3, 0.4) is 0 Å². The summed E-state index contributed by atoms with van der Waals surface area (Å²) in [6.45, 7) is 0.385. The molecule has 0 saturated heterocycles. The van der Waals surface area contributed by atoms with Crippen LogP contribution in [-0.4, -0.2) is 29.7 Å². The van der Waals surface area contributed by atoms with Crippen LogP contribution in [0, 0.1) is 0 Å². The Hall–Kier alpha value is 4.97. The summed E-state index contributed by atoms with van der Waals surface area (Å²) in [6.07, 6.45) is 0.468. The van der Waals surface area contributed by atoms with Gasteiger partial charge in [-0.05, 0) is 13.0 Å². The van der Waals surface area contributed by atoms with Gasteiger partial charge in [-0.2, -0.15) is 0 Å². The van der Waals surface area contributed by atoms with Crippen molar-refractivity contribution in [3.05, 3.63) is 0 Å². The van der Waals surface area contributed by atoms with Crippen molar-refractivity contribution in [2.75, 3.05) is 6.54 Å². The van der Waals surface area contributed by atoms with E-state index in [1.165, 1.54) is 0 Å². The van der Waals surface area contributed by atoms with Crippen molar-refractivity contribution in [2.45, 2.75) is 12.5 Å². The molecule has 0 aromatic heterocycles. The van der Waals surface area contributed by atoms with Gasteiger partial charge in [0.05, 0.1) is 0 Å². The second-order valence-electron chi connectivity index (χ2n) is 1.67. The maximum Gasteiger partial charge on any atom is 1.00 e. The minimum absolute atomic E-state index is 0. The van der Waals surface area contributed by atoms with Crippen LogP contribution in [0.2, 0.25) is 6.04 Å². The Labute approximate surface area is 200 Å². The minimum atomic E-state index is -3.76. The fourth-order valence-electron chi connectivity index (χ4n) is 0.339. The zero-order valence-electron chi connectivity index (χ0n) is 10.5. The topological polar surface area (TPSA) is 86.7 Å². The second kappa shape index (κ2) is 15.0. The van der Waals surface area contributed by atoms with Gasteiger partial charge < -0.3 is 24.4 Å². The predicted molar refractivity (Wildman–Crippen MR) is 34.2 cm³/mol. The molecule has 0 fully saturated rings. The Morgan fingerprint density at radius 3 is 1.55 bits per heavy atom. The van der Waals surface area contributed by atoms with Crippen molar-refractivity contribution in [3.8, 4) is 0 Å². The van der Waals surface area contributed by atoms with Gasteiger partial charge in [-0.15, -0.1) is 0 Å². The van der Waals surface area contributed by atoms with Gasteiger partial charge in [0, 0.05) is 6.04 Å². The van der Waals surface area contributed by atoms with Gasteiger partial charge >= 0.3 is 163 Å². The van der Waals surface area contributed by atoms with Crippen LogP contribution in [0.4, 0.5) is 0 Å². The van der Waals surface area contributed by atoms with Crippen molar-refractivity contribution in [3.63, 3.8) is 0 Å². The summed E-state index contributed by atoms with van der Waals surface area (Å²) in [4.78, 5) is 25.0. The van der Waals surface area contributed by atoms with Crippen molar-refractivity contribution in [1.29, 1.82) is 0 Å². The third kappa shape index (κ3) is 25.3. The van der Waals surface area contributed by atoms with Crippen LogP contribution in [0.1, 0.15) is 10.7 Å². The van der Waals surface area contributed by atoms with Gasteiger partial charge in [0.15, 0.2) is 0 Å². The molecule has 0 saturated carbocycles. The van der Waals surface area contributed by atoms with Crippen LogP contribution >= 0.6 is 0 Å². The predicted octanol–water partition coefficient (Wildman–Crippen LogP) is -10.4. The first kappa shape index (κ1) is 25.0. The Morgan fingerprint density at radius 2 is 1.45 bits per heavy atom. The molecule has 5 N–H and O–H groups in total. The molecule has 0 heterocycles. The van der Waals surface area contributed by atoms with Crippen LogP contribution in [-0.2, 0) is 0 Å². The summed E-state index contributed by atoms with van der Waals surface area (Å²) < 4.78 is 0. The van der Waals surface area contributed by atoms with Gasteiger partial charge in [-0.3, -0.25) is 0 Å². The molecule has 0 aromatic rings. The smallest absolute Gasteiger partial charge is 1.00 e. The largest absolute Gasteiger partial charge is 1.00 e. The number of nitrogens with two attached hydrogens (primary N) is 1. The van der Waals surface area contributed by atoms with Gasteiger partial charge in [-0.1, -0.05) is 0 Å². The van der Waals surface area contributed by atoms with Crippen LogP contribution < -0.4 is 160 Å². The van der Waals surface area contributed by atoms with E-state index in [9.17, 15) is 0 Å². The second-order valence-corrected chi connectivity index (χ2v) is 3.72. The molecule has 0 aliphatic rings. The number of hydrogen-bond acceptors (Lipinski definition) is 4. The first-order valence-corrected chi connectivity index (χ1v) is 4.48. The molecule has 0 bridgehead atoms. The van der Waals surface area contributed by atoms with E-state index in [2.05, 4.69) is 0 Å². The maximum atomic E-state index is 8.34. The summed E-state index contributed by atoms with van der Waals surface area (Å²) in [5.74, 6) is 0. The fraction of sp³-hybridized carbons (Fsp3) is 1.00. The molecular formula is C3H14K3NO3Si. The Bertz CT molecular complexity index is 81.8. The van der Waals surface area contributed by atoms with E-state index in [-0.39, 0.29) is 164 Å². The van der Waals surface area contributed by atoms with Crippen molar-refractivity contribution < 1.29 is 173 Å². The molecule has 0 aromatic carbocycles. The molecule has 0 atom stereocenters. The molecule has 0 amide bonds. The Balaban J connectivity index is -0.0000000163. The molecule has 56 valence electrons. The normalized spacial score (nSPS) is 8.73. The summed E-state index contributed by atoms with van der Waals surface area (Å²) in [5.41, 5.74) is 5.02. The Kier molecular flexibility index (Phi) is 34.0. The van der Waals surface area contributed by atoms with Crippen molar-refractivity contribution >= 4 is 8.80 Å². The van der Waals surface area contributed by atoms with E-state index in [0.717, 1.165) is 0 Å². The zero-order valence-corrected chi connectivity index (χ0v) is 17.9. The van der Waals surface area contributed by atoms with Gasteiger partial charge in [0.1, 0.15) is 0 Å². The van der Waals surface area contributed by atoms with Gasteiger partial charge in [-0.25, -0.2) is 0 Å². The van der Waals surface area contributed by atoms with E-state index in [1.807, 2.05) is 0 Å². The van der Waals surface area contributed by atoms with Crippen molar-refractivity contribution in [1.82, 2.24) is 0 Å². The maximum absolute atomic E-state index is 8.34. The van der Waals surface area contributed by atoms with E-state index in [0.29, 0.717) is 13.0 Å². The fourth-order valence-corrected chi connectivity index (χ4v) is 1.02. The molecular weight excluding hydrogens is 243 g/mol. The SMILES string of the molecule is NCCC[Si](O)(O)O.[H-].[H-].[H-].[K+].[K+].[K+]. The van der Waals surface area contributed by atoms with Crippen LogP contribution in [0.25, 0.3) is 0 Å². The average molecular weight is 258 g/mol. The molecule has 0 aliphatic heterocycles. The monoisotopic (exact) mass is 257 g/mol. The first-order valence-electron chi connectivity index (χ1n) is 2.43. The minimum Gasteiger partial charge on any atom is -1.00 e. The molecule has 11 heavy (non-hydrogen) atoms. The van der Waals surface area contributed by atoms with Gasteiger partial charge in [0.2, 0.25) is 0 Å². The van der Waals surface area contributed by atoms with E-state index >= 15 is 0 Å². The molecule has 0 spiro atoms. The zero-order chi connectivity index (χ0) is 6.62. The van der Waals surface area contributed by atoms with E-state index in [1.54, 1.807) is 0 Å².